The zero-order valence-electron chi connectivity index (χ0n) is 10.1. The maximum absolute atomic E-state index is 12.0. The van der Waals surface area contributed by atoms with Crippen molar-refractivity contribution in [2.24, 2.45) is 0 Å². The molecule has 0 fully saturated rings. The molecule has 1 amide bonds. The highest BCUT2D eigenvalue weighted by Crippen LogP contribution is 2.07. The lowest BCUT2D eigenvalue weighted by Crippen LogP contribution is -2.31. The second kappa shape index (κ2) is 7.50. The van der Waals surface area contributed by atoms with Gasteiger partial charge < -0.3 is 10.0 Å². The lowest BCUT2D eigenvalue weighted by Gasteiger charge is -2.15. The summed E-state index contributed by atoms with van der Waals surface area (Å²) in [6, 6.07) is 10.1. The Balaban J connectivity index is 2.88. The largest absolute Gasteiger partial charge is 0.384 e. The maximum Gasteiger partial charge on any atom is 0.255 e. The van der Waals surface area contributed by atoms with Gasteiger partial charge in [0, 0.05) is 11.1 Å². The summed E-state index contributed by atoms with van der Waals surface area (Å²) in [7, 11) is 0. The number of aliphatic hydroxyl groups is 1. The van der Waals surface area contributed by atoms with Crippen molar-refractivity contribution in [3.8, 4) is 24.0 Å². The first kappa shape index (κ1) is 14.3. The van der Waals surface area contributed by atoms with Crippen LogP contribution in [0.1, 0.15) is 15.9 Å². The molecule has 0 aliphatic heterocycles. The summed E-state index contributed by atoms with van der Waals surface area (Å²) >= 11 is 0. The summed E-state index contributed by atoms with van der Waals surface area (Å²) in [4.78, 5) is 13.2. The number of amides is 1. The molecule has 0 bridgehead atoms. The predicted octanol–water partition coefficient (Wildman–Crippen LogP) is 0.520. The summed E-state index contributed by atoms with van der Waals surface area (Å²) in [6.07, 6.45) is 0. The van der Waals surface area contributed by atoms with Crippen molar-refractivity contribution in [3.05, 3.63) is 35.4 Å². The summed E-state index contributed by atoms with van der Waals surface area (Å²) in [5.74, 6) is 4.84. The standard InChI is InChI=1S/C14H11N3O2/c15-7-9-17(10-8-16)14(19)13-5-3-12(4-6-13)2-1-11-18/h3-6,18H,9-11H2. The smallest absolute Gasteiger partial charge is 0.255 e. The Labute approximate surface area is 111 Å². The third-order valence-corrected chi connectivity index (χ3v) is 2.25. The van der Waals surface area contributed by atoms with Gasteiger partial charge in [0.2, 0.25) is 0 Å². The first-order valence-corrected chi connectivity index (χ1v) is 5.46. The molecule has 5 heteroatoms. The van der Waals surface area contributed by atoms with E-state index in [1.165, 1.54) is 0 Å². The maximum atomic E-state index is 12.0. The molecular formula is C14H11N3O2. The van der Waals surface area contributed by atoms with Crippen LogP contribution >= 0.6 is 0 Å². The number of benzene rings is 1. The molecule has 19 heavy (non-hydrogen) atoms. The van der Waals surface area contributed by atoms with Crippen molar-refractivity contribution < 1.29 is 9.90 Å². The first-order chi connectivity index (χ1) is 9.22. The van der Waals surface area contributed by atoms with Gasteiger partial charge in [-0.05, 0) is 24.3 Å². The van der Waals surface area contributed by atoms with E-state index in [4.69, 9.17) is 15.6 Å². The van der Waals surface area contributed by atoms with Crippen LogP contribution in [0.4, 0.5) is 0 Å². The lowest BCUT2D eigenvalue weighted by atomic mass is 10.1. The first-order valence-electron chi connectivity index (χ1n) is 5.46. The quantitative estimate of drug-likeness (QED) is 0.628. The average molecular weight is 253 g/mol. The number of carbonyl (C=O) groups is 1. The van der Waals surface area contributed by atoms with Crippen LogP contribution in [0, 0.1) is 34.5 Å². The summed E-state index contributed by atoms with van der Waals surface area (Å²) in [5, 5.41) is 25.8. The predicted molar refractivity (Wildman–Crippen MR) is 67.5 cm³/mol. The zero-order valence-corrected chi connectivity index (χ0v) is 10.1. The van der Waals surface area contributed by atoms with E-state index in [-0.39, 0.29) is 25.6 Å². The molecule has 0 atom stereocenters. The van der Waals surface area contributed by atoms with Gasteiger partial charge in [-0.15, -0.1) is 0 Å². The van der Waals surface area contributed by atoms with Crippen LogP contribution in [0.15, 0.2) is 24.3 Å². The van der Waals surface area contributed by atoms with Crippen LogP contribution in [0.2, 0.25) is 0 Å². The fraction of sp³-hybridized carbons (Fsp3) is 0.214. The molecular weight excluding hydrogens is 242 g/mol. The lowest BCUT2D eigenvalue weighted by molar-refractivity contribution is 0.0794. The van der Waals surface area contributed by atoms with Crippen LogP contribution in [-0.2, 0) is 0 Å². The molecule has 0 aliphatic rings. The average Bonchev–Trinajstić information content (AvgIpc) is 2.44. The number of rotatable bonds is 3. The minimum absolute atomic E-state index is 0.127. The van der Waals surface area contributed by atoms with Crippen molar-refractivity contribution in [1.29, 1.82) is 10.5 Å². The summed E-state index contributed by atoms with van der Waals surface area (Å²) < 4.78 is 0. The molecule has 0 radical (unpaired) electrons. The van der Waals surface area contributed by atoms with Crippen molar-refractivity contribution in [1.82, 2.24) is 4.90 Å². The summed E-state index contributed by atoms with van der Waals surface area (Å²) in [5.41, 5.74) is 1.07. The number of hydrogen-bond acceptors (Lipinski definition) is 4. The van der Waals surface area contributed by atoms with Gasteiger partial charge in [-0.3, -0.25) is 4.79 Å². The second-order valence-corrected chi connectivity index (χ2v) is 3.51. The highest BCUT2D eigenvalue weighted by Gasteiger charge is 2.14. The molecule has 5 nitrogen and oxygen atoms in total. The molecule has 1 N–H and O–H groups in total. The van der Waals surface area contributed by atoms with Crippen molar-refractivity contribution in [2.75, 3.05) is 19.7 Å². The molecule has 0 saturated carbocycles. The fourth-order valence-electron chi connectivity index (χ4n) is 1.39. The number of aliphatic hydroxyl groups excluding tert-OH is 1. The van der Waals surface area contributed by atoms with Crippen LogP contribution in [0.5, 0.6) is 0 Å². The SMILES string of the molecule is N#CCN(CC#N)C(=O)c1ccc(C#CCO)cc1. The highest BCUT2D eigenvalue weighted by molar-refractivity contribution is 5.94. The van der Waals surface area contributed by atoms with E-state index in [1.807, 2.05) is 12.1 Å². The van der Waals surface area contributed by atoms with Crippen LogP contribution in [0.25, 0.3) is 0 Å². The van der Waals surface area contributed by atoms with Crippen molar-refractivity contribution in [3.63, 3.8) is 0 Å². The molecule has 0 spiro atoms. The Morgan fingerprint density at radius 2 is 1.74 bits per heavy atom. The molecule has 1 rings (SSSR count). The Morgan fingerprint density at radius 1 is 1.16 bits per heavy atom. The van der Waals surface area contributed by atoms with E-state index >= 15 is 0 Å². The van der Waals surface area contributed by atoms with Gasteiger partial charge in [-0.1, -0.05) is 11.8 Å². The van der Waals surface area contributed by atoms with E-state index in [0.29, 0.717) is 11.1 Å². The van der Waals surface area contributed by atoms with Crippen LogP contribution < -0.4 is 0 Å². The Kier molecular flexibility index (Phi) is 5.63. The van der Waals surface area contributed by atoms with Gasteiger partial charge in [0.15, 0.2) is 0 Å². The minimum Gasteiger partial charge on any atom is -0.384 e. The molecule has 0 unspecified atom stereocenters. The topological polar surface area (TPSA) is 88.1 Å². The van der Waals surface area contributed by atoms with Gasteiger partial charge in [0.1, 0.15) is 19.7 Å². The molecule has 0 aromatic heterocycles. The molecule has 1 aromatic rings. The Hall–Kier alpha value is -2.81. The zero-order chi connectivity index (χ0) is 14.1. The Morgan fingerprint density at radius 3 is 2.21 bits per heavy atom. The van der Waals surface area contributed by atoms with Crippen molar-refractivity contribution in [2.45, 2.75) is 0 Å². The summed E-state index contributed by atoms with van der Waals surface area (Å²) in [6.45, 7) is -0.476. The van der Waals surface area contributed by atoms with Crippen LogP contribution in [-0.4, -0.2) is 35.6 Å². The van der Waals surface area contributed by atoms with Gasteiger partial charge in [-0.2, -0.15) is 10.5 Å². The Bertz CT molecular complexity index is 566. The highest BCUT2D eigenvalue weighted by atomic mass is 16.2. The number of hydrogen-bond donors (Lipinski definition) is 1. The van der Waals surface area contributed by atoms with Crippen LogP contribution in [0.3, 0.4) is 0 Å². The van der Waals surface area contributed by atoms with E-state index in [9.17, 15) is 4.79 Å². The van der Waals surface area contributed by atoms with Gasteiger partial charge in [-0.25, -0.2) is 0 Å². The van der Waals surface area contributed by atoms with E-state index in [2.05, 4.69) is 11.8 Å². The third kappa shape index (κ3) is 4.16. The van der Waals surface area contributed by atoms with Crippen molar-refractivity contribution >= 4 is 5.91 Å². The molecule has 0 aliphatic carbocycles. The normalized spacial score (nSPS) is 8.58. The molecule has 0 saturated heterocycles. The fourth-order valence-corrected chi connectivity index (χ4v) is 1.39. The third-order valence-electron chi connectivity index (χ3n) is 2.25. The molecule has 0 heterocycles. The monoisotopic (exact) mass is 253 g/mol. The molecule has 1 aromatic carbocycles. The van der Waals surface area contributed by atoms with E-state index < -0.39 is 0 Å². The number of nitrogens with zero attached hydrogens (tertiary/aromatic N) is 3. The van der Waals surface area contributed by atoms with E-state index in [0.717, 1.165) is 4.90 Å². The second-order valence-electron chi connectivity index (χ2n) is 3.51. The van der Waals surface area contributed by atoms with Gasteiger partial charge in [0.25, 0.3) is 5.91 Å². The molecule has 94 valence electrons. The van der Waals surface area contributed by atoms with Gasteiger partial charge >= 0.3 is 0 Å². The number of carbonyl (C=O) groups excluding carboxylic acids is 1. The van der Waals surface area contributed by atoms with E-state index in [1.54, 1.807) is 24.3 Å². The minimum atomic E-state index is -0.371. The number of nitriles is 2. The van der Waals surface area contributed by atoms with Gasteiger partial charge in [0.05, 0.1) is 12.1 Å².